The monoisotopic (exact) mass is 338 g/mol. The van der Waals surface area contributed by atoms with Gasteiger partial charge in [-0.05, 0) is 47.5 Å². The normalized spacial score (nSPS) is 10.4. The third kappa shape index (κ3) is 2.89. The number of nitriles is 1. The van der Waals surface area contributed by atoms with Gasteiger partial charge in [-0.2, -0.15) is 5.26 Å². The Balaban J connectivity index is 1.89. The molecule has 8 heteroatoms. The SMILES string of the molecule is CCc1c(C)sc(NC(=O)c2cccc(-n3cnnn3)c2)c1C#N. The van der Waals surface area contributed by atoms with E-state index >= 15 is 0 Å². The quantitative estimate of drug-likeness (QED) is 0.789. The highest BCUT2D eigenvalue weighted by Gasteiger charge is 2.17. The van der Waals surface area contributed by atoms with Gasteiger partial charge in [0.1, 0.15) is 17.4 Å². The molecule has 0 saturated carbocycles. The highest BCUT2D eigenvalue weighted by Crippen LogP contribution is 2.33. The number of aromatic nitrogens is 4. The summed E-state index contributed by atoms with van der Waals surface area (Å²) in [5.41, 5.74) is 2.69. The third-order valence-electron chi connectivity index (χ3n) is 3.62. The molecule has 1 amide bonds. The second kappa shape index (κ2) is 6.60. The van der Waals surface area contributed by atoms with Crippen LogP contribution in [-0.2, 0) is 6.42 Å². The fourth-order valence-corrected chi connectivity index (χ4v) is 3.55. The van der Waals surface area contributed by atoms with Crippen molar-refractivity contribution in [2.75, 3.05) is 5.32 Å². The van der Waals surface area contributed by atoms with Crippen molar-refractivity contribution in [2.45, 2.75) is 20.3 Å². The standard InChI is InChI=1S/C16H14N6OS/c1-3-13-10(2)24-16(14(13)8-17)19-15(23)11-5-4-6-12(7-11)22-9-18-20-21-22/h4-7,9H,3H2,1-2H3,(H,19,23). The van der Waals surface area contributed by atoms with Gasteiger partial charge in [0.2, 0.25) is 0 Å². The van der Waals surface area contributed by atoms with E-state index < -0.39 is 0 Å². The van der Waals surface area contributed by atoms with E-state index in [0.29, 0.717) is 21.8 Å². The number of carbonyl (C=O) groups excluding carboxylic acids is 1. The predicted molar refractivity (Wildman–Crippen MR) is 90.3 cm³/mol. The Morgan fingerprint density at radius 1 is 1.46 bits per heavy atom. The van der Waals surface area contributed by atoms with Crippen LogP contribution in [0.1, 0.15) is 33.3 Å². The molecular weight excluding hydrogens is 324 g/mol. The summed E-state index contributed by atoms with van der Waals surface area (Å²) >= 11 is 1.42. The lowest BCUT2D eigenvalue weighted by atomic mass is 10.1. The van der Waals surface area contributed by atoms with E-state index in [1.54, 1.807) is 24.3 Å². The van der Waals surface area contributed by atoms with E-state index in [1.807, 2.05) is 13.8 Å². The first kappa shape index (κ1) is 15.8. The molecule has 0 aliphatic carbocycles. The lowest BCUT2D eigenvalue weighted by Gasteiger charge is -2.06. The number of amides is 1. The zero-order valence-corrected chi connectivity index (χ0v) is 14.0. The van der Waals surface area contributed by atoms with Crippen LogP contribution in [-0.4, -0.2) is 26.1 Å². The van der Waals surface area contributed by atoms with Crippen LogP contribution in [0.2, 0.25) is 0 Å². The number of benzene rings is 1. The minimum atomic E-state index is -0.273. The van der Waals surface area contributed by atoms with Gasteiger partial charge >= 0.3 is 0 Å². The van der Waals surface area contributed by atoms with Crippen LogP contribution in [0.4, 0.5) is 5.00 Å². The van der Waals surface area contributed by atoms with Gasteiger partial charge in [0.15, 0.2) is 0 Å². The number of carbonyl (C=O) groups is 1. The van der Waals surface area contributed by atoms with E-state index in [4.69, 9.17) is 0 Å². The maximum absolute atomic E-state index is 12.5. The molecule has 2 heterocycles. The van der Waals surface area contributed by atoms with E-state index in [-0.39, 0.29) is 5.91 Å². The number of rotatable bonds is 4. The topological polar surface area (TPSA) is 96.5 Å². The smallest absolute Gasteiger partial charge is 0.256 e. The molecule has 0 spiro atoms. The Kier molecular flexibility index (Phi) is 4.35. The number of thiophene rings is 1. The van der Waals surface area contributed by atoms with Crippen LogP contribution in [0.5, 0.6) is 0 Å². The average molecular weight is 338 g/mol. The van der Waals surface area contributed by atoms with Crippen molar-refractivity contribution in [3.63, 3.8) is 0 Å². The summed E-state index contributed by atoms with van der Waals surface area (Å²) < 4.78 is 1.47. The maximum Gasteiger partial charge on any atom is 0.256 e. The van der Waals surface area contributed by atoms with Gasteiger partial charge in [-0.25, -0.2) is 4.68 Å². The molecule has 2 aromatic heterocycles. The molecule has 0 unspecified atom stereocenters. The number of nitrogens with zero attached hydrogens (tertiary/aromatic N) is 5. The van der Waals surface area contributed by atoms with Gasteiger partial charge in [0.05, 0.1) is 11.3 Å². The minimum Gasteiger partial charge on any atom is -0.312 e. The molecule has 120 valence electrons. The summed E-state index contributed by atoms with van der Waals surface area (Å²) in [5, 5.41) is 23.8. The van der Waals surface area contributed by atoms with Crippen LogP contribution >= 0.6 is 11.3 Å². The van der Waals surface area contributed by atoms with Crippen molar-refractivity contribution in [3.8, 4) is 11.8 Å². The molecule has 0 aliphatic rings. The van der Waals surface area contributed by atoms with Crippen LogP contribution in [0.15, 0.2) is 30.6 Å². The lowest BCUT2D eigenvalue weighted by Crippen LogP contribution is -2.12. The van der Waals surface area contributed by atoms with E-state index in [2.05, 4.69) is 26.9 Å². The van der Waals surface area contributed by atoms with Gasteiger partial charge in [0, 0.05) is 10.4 Å². The summed E-state index contributed by atoms with van der Waals surface area (Å²) in [6.45, 7) is 3.95. The van der Waals surface area contributed by atoms with Crippen molar-refractivity contribution < 1.29 is 4.79 Å². The molecule has 0 atom stereocenters. The summed E-state index contributed by atoms with van der Waals surface area (Å²) in [6.07, 6.45) is 2.22. The first-order valence-corrected chi connectivity index (χ1v) is 8.12. The molecule has 3 rings (SSSR count). The van der Waals surface area contributed by atoms with Crippen molar-refractivity contribution in [3.05, 3.63) is 52.2 Å². The fraction of sp³-hybridized carbons (Fsp3) is 0.188. The zero-order valence-electron chi connectivity index (χ0n) is 13.1. The summed E-state index contributed by atoms with van der Waals surface area (Å²) in [4.78, 5) is 13.6. The third-order valence-corrected chi connectivity index (χ3v) is 4.69. The van der Waals surface area contributed by atoms with E-state index in [1.165, 1.54) is 22.3 Å². The van der Waals surface area contributed by atoms with Crippen molar-refractivity contribution in [1.82, 2.24) is 20.2 Å². The molecule has 0 saturated heterocycles. The van der Waals surface area contributed by atoms with Gasteiger partial charge in [-0.3, -0.25) is 4.79 Å². The Hall–Kier alpha value is -3.05. The van der Waals surface area contributed by atoms with Gasteiger partial charge in [-0.1, -0.05) is 13.0 Å². The van der Waals surface area contributed by atoms with Crippen molar-refractivity contribution in [1.29, 1.82) is 5.26 Å². The van der Waals surface area contributed by atoms with Gasteiger partial charge in [-0.15, -0.1) is 16.4 Å². The molecule has 1 aromatic carbocycles. The Morgan fingerprint density at radius 3 is 2.96 bits per heavy atom. The second-order valence-corrected chi connectivity index (χ2v) is 6.29. The highest BCUT2D eigenvalue weighted by molar-refractivity contribution is 7.16. The van der Waals surface area contributed by atoms with Crippen molar-refractivity contribution in [2.24, 2.45) is 0 Å². The zero-order chi connectivity index (χ0) is 17.1. The second-order valence-electron chi connectivity index (χ2n) is 5.07. The number of hydrogen-bond acceptors (Lipinski definition) is 6. The van der Waals surface area contributed by atoms with E-state index in [0.717, 1.165) is 16.9 Å². The molecule has 0 bridgehead atoms. The van der Waals surface area contributed by atoms with E-state index in [9.17, 15) is 10.1 Å². The Labute approximate surface area is 142 Å². The largest absolute Gasteiger partial charge is 0.312 e. The van der Waals surface area contributed by atoms with Crippen molar-refractivity contribution >= 4 is 22.2 Å². The molecule has 3 aromatic rings. The van der Waals surface area contributed by atoms with Gasteiger partial charge in [0.25, 0.3) is 5.91 Å². The first-order chi connectivity index (χ1) is 11.6. The molecule has 24 heavy (non-hydrogen) atoms. The molecule has 0 aliphatic heterocycles. The first-order valence-electron chi connectivity index (χ1n) is 7.31. The molecular formula is C16H14N6OS. The minimum absolute atomic E-state index is 0.273. The number of tetrazole rings is 1. The number of aryl methyl sites for hydroxylation is 1. The summed E-state index contributed by atoms with van der Waals surface area (Å²) in [5.74, 6) is -0.273. The molecule has 1 N–H and O–H groups in total. The van der Waals surface area contributed by atoms with Crippen LogP contribution < -0.4 is 5.32 Å². The highest BCUT2D eigenvalue weighted by atomic mass is 32.1. The van der Waals surface area contributed by atoms with Crippen LogP contribution in [0.3, 0.4) is 0 Å². The maximum atomic E-state index is 12.5. The Bertz CT molecular complexity index is 923. The average Bonchev–Trinajstić information content (AvgIpc) is 3.22. The number of nitrogens with one attached hydrogen (secondary N) is 1. The molecule has 0 fully saturated rings. The molecule has 7 nitrogen and oxygen atoms in total. The fourth-order valence-electron chi connectivity index (χ4n) is 2.46. The summed E-state index contributed by atoms with van der Waals surface area (Å²) in [6, 6.07) is 9.15. The Morgan fingerprint density at radius 2 is 2.29 bits per heavy atom. The number of hydrogen-bond donors (Lipinski definition) is 1. The predicted octanol–water partition coefficient (Wildman–Crippen LogP) is 2.72. The van der Waals surface area contributed by atoms with Crippen LogP contribution in [0.25, 0.3) is 5.69 Å². The molecule has 0 radical (unpaired) electrons. The lowest BCUT2D eigenvalue weighted by molar-refractivity contribution is 0.102. The summed E-state index contributed by atoms with van der Waals surface area (Å²) in [7, 11) is 0. The number of anilines is 1. The van der Waals surface area contributed by atoms with Gasteiger partial charge < -0.3 is 5.32 Å². The van der Waals surface area contributed by atoms with Crippen LogP contribution in [0, 0.1) is 18.3 Å².